The molecule has 3 heterocycles. The van der Waals surface area contributed by atoms with E-state index in [9.17, 15) is 4.79 Å². The summed E-state index contributed by atoms with van der Waals surface area (Å²) in [5.41, 5.74) is 1.25. The number of nitrogens with one attached hydrogen (secondary N) is 2. The van der Waals surface area contributed by atoms with Gasteiger partial charge in [0.05, 0.1) is 17.3 Å². The molecule has 24 heavy (non-hydrogen) atoms. The van der Waals surface area contributed by atoms with Gasteiger partial charge in [-0.1, -0.05) is 0 Å². The van der Waals surface area contributed by atoms with Crippen molar-refractivity contribution in [1.29, 1.82) is 0 Å². The second-order valence-electron chi connectivity index (χ2n) is 7.50. The summed E-state index contributed by atoms with van der Waals surface area (Å²) in [7, 11) is 0. The average molecular weight is 332 g/mol. The number of ether oxygens (including phenoxy) is 1. The Kier molecular flexibility index (Phi) is 4.35. The van der Waals surface area contributed by atoms with Crippen molar-refractivity contribution in [2.45, 2.75) is 82.1 Å². The Bertz CT molecular complexity index is 596. The molecular formula is C18H28N4O2. The normalized spacial score (nSPS) is 32.4. The number of rotatable bonds is 4. The number of hydrogen-bond donors (Lipinski definition) is 2. The van der Waals surface area contributed by atoms with Crippen LogP contribution < -0.4 is 10.6 Å². The second kappa shape index (κ2) is 6.48. The third-order valence-corrected chi connectivity index (χ3v) is 5.98. The zero-order valence-corrected chi connectivity index (χ0v) is 14.5. The Labute approximate surface area is 143 Å². The molecule has 1 aromatic rings. The third kappa shape index (κ3) is 2.97. The number of aryl methyl sites for hydroxylation is 1. The van der Waals surface area contributed by atoms with Crippen molar-refractivity contribution in [1.82, 2.24) is 20.4 Å². The van der Waals surface area contributed by atoms with Gasteiger partial charge in [-0.2, -0.15) is 5.10 Å². The monoisotopic (exact) mass is 332 g/mol. The van der Waals surface area contributed by atoms with Gasteiger partial charge in [0, 0.05) is 37.9 Å². The molecule has 6 heteroatoms. The molecule has 3 atom stereocenters. The van der Waals surface area contributed by atoms with E-state index in [0.29, 0.717) is 12.5 Å². The molecule has 1 amide bonds. The topological polar surface area (TPSA) is 68.2 Å². The lowest BCUT2D eigenvalue weighted by atomic mass is 9.73. The maximum atomic E-state index is 12.0. The first-order valence-electron chi connectivity index (χ1n) is 9.40. The van der Waals surface area contributed by atoms with Gasteiger partial charge in [0.2, 0.25) is 5.91 Å². The summed E-state index contributed by atoms with van der Waals surface area (Å²) < 4.78 is 8.04. The molecule has 2 aliphatic heterocycles. The lowest BCUT2D eigenvalue weighted by Crippen LogP contribution is -2.56. The number of piperidine rings is 1. The quantitative estimate of drug-likeness (QED) is 0.884. The number of hydrogen-bond acceptors (Lipinski definition) is 4. The molecular weight excluding hydrogens is 304 g/mol. The number of aromatic nitrogens is 2. The molecule has 0 aromatic carbocycles. The van der Waals surface area contributed by atoms with Gasteiger partial charge in [-0.3, -0.25) is 9.48 Å². The molecule has 3 aliphatic rings. The SMILES string of the molecule is CCn1nccc1C1NC(=O)CCC1NC1CCOC2(CCC2)C1. The van der Waals surface area contributed by atoms with Crippen LogP contribution in [0.25, 0.3) is 0 Å². The highest BCUT2D eigenvalue weighted by Crippen LogP contribution is 2.42. The van der Waals surface area contributed by atoms with Crippen LogP contribution in [0.4, 0.5) is 0 Å². The Morgan fingerprint density at radius 2 is 2.33 bits per heavy atom. The van der Waals surface area contributed by atoms with E-state index in [1.54, 1.807) is 0 Å². The Morgan fingerprint density at radius 1 is 1.46 bits per heavy atom. The summed E-state index contributed by atoms with van der Waals surface area (Å²) in [4.78, 5) is 12.0. The molecule has 3 unspecified atom stereocenters. The number of carbonyl (C=O) groups excluding carboxylic acids is 1. The summed E-state index contributed by atoms with van der Waals surface area (Å²) in [6, 6.07) is 2.80. The third-order valence-electron chi connectivity index (χ3n) is 5.98. The van der Waals surface area contributed by atoms with E-state index in [1.807, 2.05) is 16.9 Å². The van der Waals surface area contributed by atoms with Crippen molar-refractivity contribution >= 4 is 5.91 Å². The average Bonchev–Trinajstić information content (AvgIpc) is 3.04. The fourth-order valence-corrected chi connectivity index (χ4v) is 4.52. The summed E-state index contributed by atoms with van der Waals surface area (Å²) in [5.74, 6) is 0.143. The predicted octanol–water partition coefficient (Wildman–Crippen LogP) is 1.91. The molecule has 0 radical (unpaired) electrons. The van der Waals surface area contributed by atoms with E-state index in [0.717, 1.165) is 38.1 Å². The van der Waals surface area contributed by atoms with E-state index in [4.69, 9.17) is 4.74 Å². The molecule has 3 fully saturated rings. The van der Waals surface area contributed by atoms with Crippen molar-refractivity contribution in [3.8, 4) is 0 Å². The highest BCUT2D eigenvalue weighted by Gasteiger charge is 2.43. The van der Waals surface area contributed by atoms with Gasteiger partial charge in [-0.15, -0.1) is 0 Å². The second-order valence-corrected chi connectivity index (χ2v) is 7.50. The first kappa shape index (κ1) is 16.1. The van der Waals surface area contributed by atoms with Crippen LogP contribution in [0.5, 0.6) is 0 Å². The first-order chi connectivity index (χ1) is 11.7. The fourth-order valence-electron chi connectivity index (χ4n) is 4.52. The van der Waals surface area contributed by atoms with Crippen molar-refractivity contribution in [3.63, 3.8) is 0 Å². The molecule has 1 saturated carbocycles. The largest absolute Gasteiger partial charge is 0.375 e. The fraction of sp³-hybridized carbons (Fsp3) is 0.778. The smallest absolute Gasteiger partial charge is 0.220 e. The van der Waals surface area contributed by atoms with Gasteiger partial charge >= 0.3 is 0 Å². The molecule has 1 aromatic heterocycles. The predicted molar refractivity (Wildman–Crippen MR) is 90.5 cm³/mol. The minimum absolute atomic E-state index is 0.00823. The molecule has 6 nitrogen and oxygen atoms in total. The number of amides is 1. The van der Waals surface area contributed by atoms with Crippen LogP contribution >= 0.6 is 0 Å². The van der Waals surface area contributed by atoms with Crippen LogP contribution in [0.3, 0.4) is 0 Å². The van der Waals surface area contributed by atoms with Gasteiger partial charge in [-0.05, 0) is 51.5 Å². The summed E-state index contributed by atoms with van der Waals surface area (Å²) in [6.45, 7) is 3.76. The lowest BCUT2D eigenvalue weighted by molar-refractivity contribution is -0.137. The van der Waals surface area contributed by atoms with E-state index >= 15 is 0 Å². The van der Waals surface area contributed by atoms with Crippen molar-refractivity contribution in [2.24, 2.45) is 0 Å². The molecule has 1 spiro atoms. The molecule has 2 saturated heterocycles. The molecule has 0 bridgehead atoms. The zero-order chi connectivity index (χ0) is 16.6. The first-order valence-corrected chi connectivity index (χ1v) is 9.40. The Hall–Kier alpha value is -1.40. The van der Waals surface area contributed by atoms with E-state index in [-0.39, 0.29) is 23.6 Å². The lowest BCUT2D eigenvalue weighted by Gasteiger charge is -2.48. The standard InChI is InChI=1S/C18H28N4O2/c1-2-22-15(6-10-19-22)17-14(4-5-16(23)21-17)20-13-7-11-24-18(12-13)8-3-9-18/h6,10,13-14,17,20H,2-5,7-9,11-12H2,1H3,(H,21,23). The minimum atomic E-state index is 0.00823. The van der Waals surface area contributed by atoms with E-state index < -0.39 is 0 Å². The summed E-state index contributed by atoms with van der Waals surface area (Å²) in [6.07, 6.45) is 9.19. The summed E-state index contributed by atoms with van der Waals surface area (Å²) in [5, 5.41) is 11.4. The van der Waals surface area contributed by atoms with Crippen molar-refractivity contribution < 1.29 is 9.53 Å². The van der Waals surface area contributed by atoms with E-state index in [2.05, 4.69) is 22.7 Å². The molecule has 4 rings (SSSR count). The summed E-state index contributed by atoms with van der Waals surface area (Å²) >= 11 is 0. The highest BCUT2D eigenvalue weighted by molar-refractivity contribution is 5.77. The van der Waals surface area contributed by atoms with Crippen LogP contribution in [0.2, 0.25) is 0 Å². The van der Waals surface area contributed by atoms with Crippen LogP contribution in [0.15, 0.2) is 12.3 Å². The van der Waals surface area contributed by atoms with E-state index in [1.165, 1.54) is 19.3 Å². The van der Waals surface area contributed by atoms with Crippen LogP contribution in [-0.4, -0.2) is 40.0 Å². The van der Waals surface area contributed by atoms with Gasteiger partial charge in [0.25, 0.3) is 0 Å². The number of carbonyl (C=O) groups is 1. The van der Waals surface area contributed by atoms with Crippen molar-refractivity contribution in [3.05, 3.63) is 18.0 Å². The molecule has 2 N–H and O–H groups in total. The maximum Gasteiger partial charge on any atom is 0.220 e. The van der Waals surface area contributed by atoms with Gasteiger partial charge in [0.1, 0.15) is 0 Å². The Balaban J connectivity index is 1.48. The molecule has 1 aliphatic carbocycles. The highest BCUT2D eigenvalue weighted by atomic mass is 16.5. The van der Waals surface area contributed by atoms with Gasteiger partial charge in [0.15, 0.2) is 0 Å². The van der Waals surface area contributed by atoms with Crippen LogP contribution in [-0.2, 0) is 16.1 Å². The minimum Gasteiger partial charge on any atom is -0.375 e. The maximum absolute atomic E-state index is 12.0. The van der Waals surface area contributed by atoms with Gasteiger partial charge < -0.3 is 15.4 Å². The molecule has 132 valence electrons. The van der Waals surface area contributed by atoms with Crippen molar-refractivity contribution in [2.75, 3.05) is 6.61 Å². The van der Waals surface area contributed by atoms with Gasteiger partial charge in [-0.25, -0.2) is 0 Å². The van der Waals surface area contributed by atoms with Crippen LogP contribution in [0.1, 0.15) is 63.6 Å². The number of nitrogens with zero attached hydrogens (tertiary/aromatic N) is 2. The Morgan fingerprint density at radius 3 is 3.08 bits per heavy atom. The van der Waals surface area contributed by atoms with Crippen LogP contribution in [0, 0.1) is 0 Å². The zero-order valence-electron chi connectivity index (χ0n) is 14.5.